The van der Waals surface area contributed by atoms with E-state index in [1.807, 2.05) is 0 Å². The maximum atomic E-state index is 13.6. The minimum absolute atomic E-state index is 0.0305. The van der Waals surface area contributed by atoms with Gasteiger partial charge in [-0.25, -0.2) is 4.79 Å². The first-order chi connectivity index (χ1) is 39.3. The molecule has 6 amide bonds. The molecule has 10 rings (SSSR count). The molecule has 84 heavy (non-hydrogen) atoms. The molecule has 31 heteroatoms. The lowest BCUT2D eigenvalue weighted by Crippen LogP contribution is -2.18. The van der Waals surface area contributed by atoms with Gasteiger partial charge in [-0.15, -0.1) is 0 Å². The van der Waals surface area contributed by atoms with E-state index in [9.17, 15) is 75.9 Å². The summed E-state index contributed by atoms with van der Waals surface area (Å²) in [6.45, 7) is 0. The number of hydrogen-bond donors (Lipinski definition) is 10. The molecule has 0 fully saturated rings. The van der Waals surface area contributed by atoms with Crippen LogP contribution in [0.3, 0.4) is 0 Å². The molecule has 10 N–H and O–H groups in total. The third-order valence-electron chi connectivity index (χ3n) is 13.5. The summed E-state index contributed by atoms with van der Waals surface area (Å²) in [4.78, 5) is 64.3. The molecule has 432 valence electrons. The molecular weight excluding hydrogens is 1180 g/mol. The lowest BCUT2D eigenvalue weighted by atomic mass is 10.1. The highest BCUT2D eigenvalue weighted by Crippen LogP contribution is 2.33. The number of benzene rings is 6. The van der Waals surface area contributed by atoms with Crippen LogP contribution in [-0.2, 0) is 68.7 Å². The highest BCUT2D eigenvalue weighted by Gasteiger charge is 2.25. The van der Waals surface area contributed by atoms with Gasteiger partial charge in [-0.3, -0.25) is 37.4 Å². The maximum Gasteiger partial charge on any atom is 0.323 e. The van der Waals surface area contributed by atoms with E-state index in [0.717, 1.165) is 12.1 Å². The van der Waals surface area contributed by atoms with E-state index in [0.29, 0.717) is 45.3 Å². The predicted molar refractivity (Wildman–Crippen MR) is 308 cm³/mol. The number of anilines is 6. The van der Waals surface area contributed by atoms with Gasteiger partial charge < -0.3 is 50.2 Å². The topological polar surface area (TPSA) is 395 Å². The smallest absolute Gasteiger partial charge is 0.323 e. The normalized spacial score (nSPS) is 12.2. The summed E-state index contributed by atoms with van der Waals surface area (Å²) in [5, 5.41) is 17.1. The number of carbonyl (C=O) groups excluding carboxylic acids is 5. The molecular formula is C53H44N10O17S4. The van der Waals surface area contributed by atoms with Crippen LogP contribution in [0, 0.1) is 0 Å². The van der Waals surface area contributed by atoms with Crippen molar-refractivity contribution >= 4 is 148 Å². The van der Waals surface area contributed by atoms with Gasteiger partial charge in [0.05, 0.1) is 21.2 Å². The Labute approximate surface area is 475 Å². The van der Waals surface area contributed by atoms with Gasteiger partial charge in [0, 0.05) is 95.9 Å². The Morgan fingerprint density at radius 1 is 0.345 bits per heavy atom. The van der Waals surface area contributed by atoms with E-state index in [1.54, 1.807) is 85.9 Å². The molecule has 0 saturated carbocycles. The van der Waals surface area contributed by atoms with Crippen LogP contribution in [0.1, 0.15) is 42.0 Å². The summed E-state index contributed by atoms with van der Waals surface area (Å²) < 4.78 is 141. The number of aromatic nitrogens is 4. The number of nitrogens with one attached hydrogen (secondary N) is 6. The van der Waals surface area contributed by atoms with Crippen LogP contribution in [0.25, 0.3) is 43.4 Å². The Morgan fingerprint density at radius 2 is 0.679 bits per heavy atom. The van der Waals surface area contributed by atoms with Gasteiger partial charge in [0.25, 0.3) is 64.1 Å². The summed E-state index contributed by atoms with van der Waals surface area (Å²) in [7, 11) is -13.2. The molecule has 0 saturated heterocycles. The molecule has 10 aromatic rings. The number of aryl methyl sites for hydroxylation is 4. The van der Waals surface area contributed by atoms with E-state index < -0.39 is 89.7 Å². The summed E-state index contributed by atoms with van der Waals surface area (Å²) in [5.74, 6) is -2.37. The molecule has 0 unspecified atom stereocenters. The van der Waals surface area contributed by atoms with Crippen molar-refractivity contribution < 1.29 is 75.9 Å². The summed E-state index contributed by atoms with van der Waals surface area (Å²) in [6, 6.07) is 26.0. The zero-order chi connectivity index (χ0) is 60.7. The van der Waals surface area contributed by atoms with Crippen LogP contribution in [0.5, 0.6) is 0 Å². The van der Waals surface area contributed by atoms with Crippen molar-refractivity contribution in [2.45, 2.75) is 19.6 Å². The van der Waals surface area contributed by atoms with Crippen molar-refractivity contribution in [2.75, 3.05) is 31.9 Å². The van der Waals surface area contributed by atoms with Gasteiger partial charge in [-0.2, -0.15) is 33.7 Å². The molecule has 4 heterocycles. The van der Waals surface area contributed by atoms with Crippen molar-refractivity contribution in [3.63, 3.8) is 0 Å². The Kier molecular flexibility index (Phi) is 14.3. The van der Waals surface area contributed by atoms with Crippen LogP contribution >= 0.6 is 0 Å². The predicted octanol–water partition coefficient (Wildman–Crippen LogP) is 7.29. The highest BCUT2D eigenvalue weighted by atomic mass is 32.2. The SMILES string of the molecule is Cn1cc(NC(=O)Nc2cc(C(=O)Nc3ccc4c(c3)cc(C(=O)Nc3ccc5cc(S(=O)(=O)O)cc(S(=O)(=O)O)c5c3)n4C)n(C)c2)cc1C(=O)Nc1ccc2c(c1)cc(C(=O)Nc1ccc3cc(S(=O)(=O)O)cc(S(=O)(=O)O)c3c1)n2C. The molecule has 0 atom stereocenters. The Balaban J connectivity index is 0.758. The van der Waals surface area contributed by atoms with Crippen molar-refractivity contribution in [2.24, 2.45) is 28.2 Å². The van der Waals surface area contributed by atoms with E-state index in [4.69, 9.17) is 0 Å². The highest BCUT2D eigenvalue weighted by molar-refractivity contribution is 7.87. The molecule has 4 aromatic heterocycles. The van der Waals surface area contributed by atoms with E-state index in [1.165, 1.54) is 70.1 Å². The average Bonchev–Trinajstić information content (AvgIpc) is 3.43. The van der Waals surface area contributed by atoms with Crippen molar-refractivity contribution in [1.29, 1.82) is 0 Å². The first-order valence-corrected chi connectivity index (χ1v) is 30.0. The number of rotatable bonds is 14. The average molecular weight is 1220 g/mol. The largest absolute Gasteiger partial charge is 0.344 e. The van der Waals surface area contributed by atoms with Crippen molar-refractivity contribution in [3.8, 4) is 0 Å². The lowest BCUT2D eigenvalue weighted by Gasteiger charge is -2.11. The molecule has 0 aliphatic heterocycles. The second-order valence-electron chi connectivity index (χ2n) is 19.2. The van der Waals surface area contributed by atoms with E-state index in [-0.39, 0.29) is 67.1 Å². The number of urea groups is 1. The van der Waals surface area contributed by atoms with Gasteiger partial charge >= 0.3 is 6.03 Å². The van der Waals surface area contributed by atoms with E-state index in [2.05, 4.69) is 31.9 Å². The minimum atomic E-state index is -4.99. The van der Waals surface area contributed by atoms with Crippen LogP contribution in [0.2, 0.25) is 0 Å². The number of nitrogens with zero attached hydrogens (tertiary/aromatic N) is 4. The van der Waals surface area contributed by atoms with E-state index >= 15 is 0 Å². The second-order valence-corrected chi connectivity index (χ2v) is 24.8. The molecule has 0 aliphatic rings. The van der Waals surface area contributed by atoms with Gasteiger partial charge in [0.1, 0.15) is 32.6 Å². The fraction of sp³-hybridized carbons (Fsp3) is 0.0755. The summed E-state index contributed by atoms with van der Waals surface area (Å²) in [5.41, 5.74) is 3.15. The molecule has 0 aliphatic carbocycles. The third kappa shape index (κ3) is 11.6. The van der Waals surface area contributed by atoms with Gasteiger partial charge in [-0.1, -0.05) is 12.1 Å². The van der Waals surface area contributed by atoms with Crippen LogP contribution in [0.4, 0.5) is 38.9 Å². The standard InChI is InChI=1S/C53H44N10O17S4/c1-60-25-35(21-43(60)49(64)54-31-9-11-41-29(13-31)17-45(62(41)3)51(66)56-33-7-5-27-15-37(81(69,70)71)23-47(39(27)19-33)83(75,76)77)58-53(68)59-36-22-44(61(2)26-36)50(65)55-32-10-12-42-30(14-32)18-46(63(42)4)52(67)57-34-8-6-28-16-38(82(72,73)74)24-48(40(28)20-34)84(78,79)80/h5-26H,1-4H3,(H,54,64)(H,55,65)(H,56,66)(H,57,67)(H2,58,59,68)(H,69,70,71)(H,72,73,74)(H,75,76,77)(H,78,79,80). The molecule has 6 aromatic carbocycles. The Bertz CT molecular complexity index is 4710. The number of amides is 6. The van der Waals surface area contributed by atoms with Crippen molar-refractivity contribution in [3.05, 3.63) is 156 Å². The Hall–Kier alpha value is -9.73. The third-order valence-corrected chi connectivity index (χ3v) is 17.0. The van der Waals surface area contributed by atoms with Crippen LogP contribution in [-0.4, -0.2) is 99.8 Å². The van der Waals surface area contributed by atoms with Gasteiger partial charge in [0.15, 0.2) is 0 Å². The molecule has 0 bridgehead atoms. The Morgan fingerprint density at radius 3 is 1.02 bits per heavy atom. The second kappa shape index (κ2) is 20.9. The fourth-order valence-corrected chi connectivity index (χ4v) is 12.3. The zero-order valence-corrected chi connectivity index (χ0v) is 47.0. The molecule has 0 radical (unpaired) electrons. The zero-order valence-electron chi connectivity index (χ0n) is 43.7. The fourth-order valence-electron chi connectivity index (χ4n) is 9.56. The minimum Gasteiger partial charge on any atom is -0.344 e. The first-order valence-electron chi connectivity index (χ1n) is 24.2. The summed E-state index contributed by atoms with van der Waals surface area (Å²) >= 11 is 0. The van der Waals surface area contributed by atoms with Gasteiger partial charge in [0.2, 0.25) is 0 Å². The maximum absolute atomic E-state index is 13.6. The number of fused-ring (bicyclic) bond motifs is 4. The lowest BCUT2D eigenvalue weighted by molar-refractivity contribution is 0.101. The van der Waals surface area contributed by atoms with Crippen LogP contribution < -0.4 is 31.9 Å². The molecule has 27 nitrogen and oxygen atoms in total. The quantitative estimate of drug-likeness (QED) is 0.0477. The number of hydrogen-bond acceptors (Lipinski definition) is 13. The van der Waals surface area contributed by atoms with Gasteiger partial charge in [-0.05, 0) is 120 Å². The molecule has 0 spiro atoms. The first kappa shape index (κ1) is 57.5. The number of carbonyl (C=O) groups is 5. The van der Waals surface area contributed by atoms with Crippen LogP contribution in [0.15, 0.2) is 153 Å². The summed E-state index contributed by atoms with van der Waals surface area (Å²) in [6.07, 6.45) is 3.00. The van der Waals surface area contributed by atoms with Crippen molar-refractivity contribution in [1.82, 2.24) is 18.3 Å². The monoisotopic (exact) mass is 1220 g/mol.